The average molecular weight is 367 g/mol. The van der Waals surface area contributed by atoms with Crippen LogP contribution in [0.3, 0.4) is 0 Å². The predicted molar refractivity (Wildman–Crippen MR) is 96.4 cm³/mol. The molecule has 2 fully saturated rings. The van der Waals surface area contributed by atoms with Crippen LogP contribution in [0.2, 0.25) is 0 Å². The van der Waals surface area contributed by atoms with E-state index in [0.717, 1.165) is 5.56 Å². The van der Waals surface area contributed by atoms with Gasteiger partial charge in [-0.25, -0.2) is 9.97 Å². The first-order chi connectivity index (χ1) is 13.0. The molecule has 2 saturated heterocycles. The minimum atomic E-state index is -0.875. The molecule has 0 aromatic carbocycles. The third kappa shape index (κ3) is 3.16. The number of fused-ring (bicyclic) bond motifs is 1. The molecule has 0 unspecified atom stereocenters. The number of likely N-dealkylation sites (tertiary alicyclic amines) is 2. The molecule has 0 bridgehead atoms. The van der Waals surface area contributed by atoms with Crippen molar-refractivity contribution in [2.45, 2.75) is 13.5 Å². The number of aliphatic carboxylic acids is 1. The lowest BCUT2D eigenvalue weighted by atomic mass is 9.81. The number of rotatable bonds is 4. The normalized spacial score (nSPS) is 24.8. The van der Waals surface area contributed by atoms with E-state index in [9.17, 15) is 14.7 Å². The van der Waals surface area contributed by atoms with Gasteiger partial charge >= 0.3 is 5.97 Å². The molecule has 0 radical (unpaired) electrons. The van der Waals surface area contributed by atoms with Crippen LogP contribution in [-0.4, -0.2) is 67.9 Å². The molecule has 4 rings (SSSR count). The number of amides is 1. The van der Waals surface area contributed by atoms with Gasteiger partial charge in [0.2, 0.25) is 5.91 Å². The number of nitrogens with zero attached hydrogens (tertiary/aromatic N) is 5. The van der Waals surface area contributed by atoms with E-state index in [0.29, 0.717) is 37.7 Å². The van der Waals surface area contributed by atoms with Gasteiger partial charge < -0.3 is 10.0 Å². The van der Waals surface area contributed by atoms with E-state index in [2.05, 4.69) is 19.9 Å². The van der Waals surface area contributed by atoms with Crippen LogP contribution < -0.4 is 0 Å². The van der Waals surface area contributed by atoms with Crippen LogP contribution in [0.15, 0.2) is 36.8 Å². The van der Waals surface area contributed by atoms with Gasteiger partial charge in [0.05, 0.1) is 0 Å². The molecule has 2 aliphatic rings. The summed E-state index contributed by atoms with van der Waals surface area (Å²) in [5.41, 5.74) is 0.771. The Morgan fingerprint density at radius 2 is 1.96 bits per heavy atom. The largest absolute Gasteiger partial charge is 0.481 e. The Balaban J connectivity index is 1.46. The number of carbonyl (C=O) groups excluding carboxylic acids is 1. The summed E-state index contributed by atoms with van der Waals surface area (Å²) < 4.78 is 0. The molecule has 8 nitrogen and oxygen atoms in total. The lowest BCUT2D eigenvalue weighted by molar-refractivity contribution is -0.149. The zero-order chi connectivity index (χ0) is 19.0. The lowest BCUT2D eigenvalue weighted by Crippen LogP contribution is -2.41. The summed E-state index contributed by atoms with van der Waals surface area (Å²) in [6, 6.07) is 5.58. The summed E-state index contributed by atoms with van der Waals surface area (Å²) in [6.45, 7) is 3.96. The van der Waals surface area contributed by atoms with E-state index < -0.39 is 11.4 Å². The van der Waals surface area contributed by atoms with E-state index in [-0.39, 0.29) is 18.4 Å². The van der Waals surface area contributed by atoms with Gasteiger partial charge in [-0.2, -0.15) is 0 Å². The molecule has 4 heterocycles. The number of hydrogen-bond acceptors (Lipinski definition) is 6. The third-order valence-electron chi connectivity index (χ3n) is 5.56. The van der Waals surface area contributed by atoms with Crippen LogP contribution in [-0.2, 0) is 16.1 Å². The average Bonchev–Trinajstić information content (AvgIpc) is 3.18. The number of aromatic nitrogens is 3. The molecule has 0 spiro atoms. The fourth-order valence-electron chi connectivity index (χ4n) is 4.15. The standard InChI is InChI=1S/C19H21N5O3/c1-13(25)24-10-15-9-23(11-19(15,12-24)18(26)27)8-14-6-21-17(22-7-14)16-4-2-3-5-20-16/h2-7,15H,8-12H2,1H3,(H,26,27)/t15-,19-/m1/s1. The Morgan fingerprint density at radius 3 is 2.56 bits per heavy atom. The first-order valence-electron chi connectivity index (χ1n) is 8.91. The van der Waals surface area contributed by atoms with Gasteiger partial charge in [0.1, 0.15) is 11.1 Å². The van der Waals surface area contributed by atoms with Crippen molar-refractivity contribution >= 4 is 11.9 Å². The highest BCUT2D eigenvalue weighted by Gasteiger charge is 2.58. The van der Waals surface area contributed by atoms with Gasteiger partial charge in [-0.1, -0.05) is 6.07 Å². The molecule has 27 heavy (non-hydrogen) atoms. The van der Waals surface area contributed by atoms with Crippen LogP contribution in [0.1, 0.15) is 12.5 Å². The summed E-state index contributed by atoms with van der Waals surface area (Å²) in [5, 5.41) is 9.82. The van der Waals surface area contributed by atoms with Crippen molar-refractivity contribution < 1.29 is 14.7 Å². The highest BCUT2D eigenvalue weighted by molar-refractivity contribution is 5.80. The second-order valence-electron chi connectivity index (χ2n) is 7.36. The number of carbonyl (C=O) groups is 2. The van der Waals surface area contributed by atoms with Crippen molar-refractivity contribution in [1.29, 1.82) is 0 Å². The molecule has 2 aromatic heterocycles. The quantitative estimate of drug-likeness (QED) is 0.857. The van der Waals surface area contributed by atoms with Gasteiger partial charge in [-0.15, -0.1) is 0 Å². The van der Waals surface area contributed by atoms with Gasteiger partial charge in [0, 0.05) is 69.7 Å². The fraction of sp³-hybridized carbons (Fsp3) is 0.421. The summed E-state index contributed by atoms with van der Waals surface area (Å²) in [5.74, 6) is -0.361. The van der Waals surface area contributed by atoms with E-state index >= 15 is 0 Å². The molecular formula is C19H21N5O3. The van der Waals surface area contributed by atoms with Gasteiger partial charge in [-0.05, 0) is 12.1 Å². The SMILES string of the molecule is CC(=O)N1C[C@H]2CN(Cc3cnc(-c4ccccn4)nc3)C[C@@]2(C(=O)O)C1. The Hall–Kier alpha value is -2.87. The Kier molecular flexibility index (Phi) is 4.35. The van der Waals surface area contributed by atoms with Crippen molar-refractivity contribution in [3.8, 4) is 11.5 Å². The van der Waals surface area contributed by atoms with Crippen LogP contribution in [0.5, 0.6) is 0 Å². The highest BCUT2D eigenvalue weighted by Crippen LogP contribution is 2.43. The maximum Gasteiger partial charge on any atom is 0.313 e. The predicted octanol–water partition coefficient (Wildman–Crippen LogP) is 0.903. The fourth-order valence-corrected chi connectivity index (χ4v) is 4.15. The topological polar surface area (TPSA) is 99.5 Å². The summed E-state index contributed by atoms with van der Waals surface area (Å²) in [6.07, 6.45) is 5.23. The summed E-state index contributed by atoms with van der Waals surface area (Å²) in [4.78, 5) is 40.4. The number of carboxylic acids is 1. The van der Waals surface area contributed by atoms with Crippen LogP contribution >= 0.6 is 0 Å². The molecule has 2 atom stereocenters. The van der Waals surface area contributed by atoms with Crippen molar-refractivity contribution in [2.24, 2.45) is 11.3 Å². The molecule has 2 aliphatic heterocycles. The molecule has 0 aliphatic carbocycles. The zero-order valence-corrected chi connectivity index (χ0v) is 15.1. The number of hydrogen-bond donors (Lipinski definition) is 1. The Bertz CT molecular complexity index is 857. The van der Waals surface area contributed by atoms with Gasteiger partial charge in [0.25, 0.3) is 0 Å². The molecule has 8 heteroatoms. The molecule has 1 amide bonds. The maximum atomic E-state index is 12.0. The van der Waals surface area contributed by atoms with Gasteiger partial charge in [0.15, 0.2) is 5.82 Å². The zero-order valence-electron chi connectivity index (χ0n) is 15.1. The minimum Gasteiger partial charge on any atom is -0.481 e. The summed E-state index contributed by atoms with van der Waals surface area (Å²) >= 11 is 0. The first-order valence-corrected chi connectivity index (χ1v) is 8.91. The summed E-state index contributed by atoms with van der Waals surface area (Å²) in [7, 11) is 0. The smallest absolute Gasteiger partial charge is 0.313 e. The maximum absolute atomic E-state index is 12.0. The molecule has 140 valence electrons. The van der Waals surface area contributed by atoms with E-state index in [4.69, 9.17) is 0 Å². The second kappa shape index (κ2) is 6.70. The van der Waals surface area contributed by atoms with Crippen molar-refractivity contribution in [2.75, 3.05) is 26.2 Å². The first kappa shape index (κ1) is 17.5. The minimum absolute atomic E-state index is 0.0485. The van der Waals surface area contributed by atoms with Gasteiger partial charge in [-0.3, -0.25) is 19.5 Å². The van der Waals surface area contributed by atoms with Crippen LogP contribution in [0.25, 0.3) is 11.5 Å². The lowest BCUT2D eigenvalue weighted by Gasteiger charge is -2.25. The van der Waals surface area contributed by atoms with Crippen molar-refractivity contribution in [3.05, 3.63) is 42.4 Å². The van der Waals surface area contributed by atoms with E-state index in [1.54, 1.807) is 23.5 Å². The molecule has 1 N–H and O–H groups in total. The van der Waals surface area contributed by atoms with E-state index in [1.165, 1.54) is 6.92 Å². The third-order valence-corrected chi connectivity index (χ3v) is 5.56. The van der Waals surface area contributed by atoms with Crippen molar-refractivity contribution in [1.82, 2.24) is 24.8 Å². The van der Waals surface area contributed by atoms with Crippen LogP contribution in [0.4, 0.5) is 0 Å². The Labute approximate surface area is 156 Å². The highest BCUT2D eigenvalue weighted by atomic mass is 16.4. The van der Waals surface area contributed by atoms with Crippen molar-refractivity contribution in [3.63, 3.8) is 0 Å². The molecule has 2 aromatic rings. The second-order valence-corrected chi connectivity index (χ2v) is 7.36. The number of pyridine rings is 1. The molecule has 0 saturated carbocycles. The van der Waals surface area contributed by atoms with Crippen LogP contribution in [0, 0.1) is 11.3 Å². The molecular weight excluding hydrogens is 346 g/mol. The van der Waals surface area contributed by atoms with E-state index in [1.807, 2.05) is 18.2 Å². The number of carboxylic acid groups (broad SMARTS) is 1. The monoisotopic (exact) mass is 367 g/mol. The Morgan fingerprint density at radius 1 is 1.19 bits per heavy atom.